The summed E-state index contributed by atoms with van der Waals surface area (Å²) in [6.45, 7) is 5.14. The van der Waals surface area contributed by atoms with Crippen LogP contribution in [0.15, 0.2) is 23.7 Å². The third kappa shape index (κ3) is 5.88. The highest BCUT2D eigenvalue weighted by molar-refractivity contribution is 7.09. The van der Waals surface area contributed by atoms with Crippen LogP contribution in [0.25, 0.3) is 0 Å². The number of hydrogen-bond acceptors (Lipinski definition) is 7. The van der Waals surface area contributed by atoms with E-state index < -0.39 is 0 Å². The highest BCUT2D eigenvalue weighted by atomic mass is 35.5. The van der Waals surface area contributed by atoms with Gasteiger partial charge in [-0.25, -0.2) is 9.97 Å². The molecule has 3 rings (SSSR count). The molecule has 2 N–H and O–H groups in total. The Morgan fingerprint density at radius 1 is 1.19 bits per heavy atom. The number of rotatable bonds is 5. The minimum atomic E-state index is -0.281. The number of nitrogens with one attached hydrogen (secondary N) is 2. The average molecular weight is 409 g/mol. The van der Waals surface area contributed by atoms with Crippen LogP contribution >= 0.6 is 22.9 Å². The van der Waals surface area contributed by atoms with E-state index in [-0.39, 0.29) is 24.8 Å². The summed E-state index contributed by atoms with van der Waals surface area (Å²) in [7, 11) is 0. The molecular weight excluding hydrogens is 388 g/mol. The zero-order valence-corrected chi connectivity index (χ0v) is 16.5. The quantitative estimate of drug-likeness (QED) is 0.718. The molecule has 0 atom stereocenters. The number of hydrazine groups is 1. The summed E-state index contributed by atoms with van der Waals surface area (Å²) in [5, 5.41) is 3.23. The molecule has 2 aromatic heterocycles. The smallest absolute Gasteiger partial charge is 0.252 e. The number of thiazole rings is 1. The van der Waals surface area contributed by atoms with Gasteiger partial charge in [-0.2, -0.15) is 0 Å². The van der Waals surface area contributed by atoms with Gasteiger partial charge in [0.2, 0.25) is 5.91 Å². The molecule has 0 bridgehead atoms. The number of piperazine rings is 1. The van der Waals surface area contributed by atoms with Crippen molar-refractivity contribution in [1.29, 1.82) is 0 Å². The molecule has 0 aliphatic carbocycles. The van der Waals surface area contributed by atoms with E-state index in [2.05, 4.69) is 25.7 Å². The Balaban J connectivity index is 1.36. The second kappa shape index (κ2) is 9.12. The minimum Gasteiger partial charge on any atom is -0.354 e. The Labute approximate surface area is 166 Å². The molecule has 1 aliphatic heterocycles. The van der Waals surface area contributed by atoms with Crippen LogP contribution in [0.3, 0.4) is 0 Å². The zero-order valence-electron chi connectivity index (χ0n) is 14.9. The van der Waals surface area contributed by atoms with Crippen LogP contribution in [0, 0.1) is 6.92 Å². The lowest BCUT2D eigenvalue weighted by Crippen LogP contribution is -2.52. The topological polar surface area (TPSA) is 90.5 Å². The molecule has 27 heavy (non-hydrogen) atoms. The second-order valence-electron chi connectivity index (χ2n) is 6.25. The standard InChI is InChI=1S/C17H21ClN6O2S/c1-12-11-27-17(20-12)8-15(25)21-22-16(26)10-23-4-6-24(7-5-23)14-3-2-13(18)9-19-14/h2-3,9,11H,4-8,10H2,1H3,(H,21,25)(H,22,26). The third-order valence-electron chi connectivity index (χ3n) is 4.09. The normalized spacial score (nSPS) is 14.8. The molecule has 0 unspecified atom stereocenters. The molecule has 0 aromatic carbocycles. The maximum Gasteiger partial charge on any atom is 0.252 e. The number of anilines is 1. The first-order valence-corrected chi connectivity index (χ1v) is 9.83. The monoisotopic (exact) mass is 408 g/mol. The van der Waals surface area contributed by atoms with E-state index in [4.69, 9.17) is 11.6 Å². The lowest BCUT2D eigenvalue weighted by atomic mass is 10.3. The summed E-state index contributed by atoms with van der Waals surface area (Å²) >= 11 is 7.29. The molecule has 2 amide bonds. The van der Waals surface area contributed by atoms with Crippen LogP contribution in [-0.4, -0.2) is 59.4 Å². The van der Waals surface area contributed by atoms with Crippen LogP contribution in [-0.2, 0) is 16.0 Å². The van der Waals surface area contributed by atoms with E-state index in [1.807, 2.05) is 29.3 Å². The molecule has 1 saturated heterocycles. The van der Waals surface area contributed by atoms with E-state index in [1.54, 1.807) is 6.20 Å². The molecule has 2 aromatic rings. The van der Waals surface area contributed by atoms with Crippen molar-refractivity contribution in [2.75, 3.05) is 37.6 Å². The second-order valence-corrected chi connectivity index (χ2v) is 7.63. The minimum absolute atomic E-state index is 0.158. The first-order valence-electron chi connectivity index (χ1n) is 8.57. The molecule has 0 radical (unpaired) electrons. The highest BCUT2D eigenvalue weighted by Gasteiger charge is 2.20. The van der Waals surface area contributed by atoms with Gasteiger partial charge in [-0.15, -0.1) is 11.3 Å². The number of halogens is 1. The summed E-state index contributed by atoms with van der Waals surface area (Å²) in [6, 6.07) is 3.71. The van der Waals surface area contributed by atoms with Crippen LogP contribution in [0.1, 0.15) is 10.7 Å². The van der Waals surface area contributed by atoms with Gasteiger partial charge in [0.15, 0.2) is 0 Å². The van der Waals surface area contributed by atoms with Crippen LogP contribution in [0.4, 0.5) is 5.82 Å². The Morgan fingerprint density at radius 3 is 2.56 bits per heavy atom. The summed E-state index contributed by atoms with van der Waals surface area (Å²) in [5.41, 5.74) is 5.79. The fourth-order valence-electron chi connectivity index (χ4n) is 2.74. The van der Waals surface area contributed by atoms with E-state index in [0.29, 0.717) is 5.02 Å². The summed E-state index contributed by atoms with van der Waals surface area (Å²) in [4.78, 5) is 36.6. The van der Waals surface area contributed by atoms with Gasteiger partial charge in [0.05, 0.1) is 18.0 Å². The van der Waals surface area contributed by atoms with E-state index >= 15 is 0 Å². The number of pyridine rings is 1. The van der Waals surface area contributed by atoms with Crippen molar-refractivity contribution in [3.05, 3.63) is 39.4 Å². The molecule has 144 valence electrons. The molecule has 1 aliphatic rings. The molecule has 10 heteroatoms. The Kier molecular flexibility index (Phi) is 6.59. The zero-order chi connectivity index (χ0) is 19.2. The maximum atomic E-state index is 12.0. The lowest BCUT2D eigenvalue weighted by Gasteiger charge is -2.34. The lowest BCUT2D eigenvalue weighted by molar-refractivity contribution is -0.129. The predicted molar refractivity (Wildman–Crippen MR) is 105 cm³/mol. The fraction of sp³-hybridized carbons (Fsp3) is 0.412. The third-order valence-corrected chi connectivity index (χ3v) is 5.29. The molecule has 1 fully saturated rings. The largest absolute Gasteiger partial charge is 0.354 e. The van der Waals surface area contributed by atoms with E-state index in [9.17, 15) is 9.59 Å². The Hall–Kier alpha value is -2.23. The van der Waals surface area contributed by atoms with Gasteiger partial charge < -0.3 is 4.90 Å². The van der Waals surface area contributed by atoms with E-state index in [1.165, 1.54) is 11.3 Å². The van der Waals surface area contributed by atoms with Gasteiger partial charge in [-0.3, -0.25) is 25.3 Å². The highest BCUT2D eigenvalue weighted by Crippen LogP contribution is 2.16. The van der Waals surface area contributed by atoms with Crippen molar-refractivity contribution >= 4 is 40.6 Å². The average Bonchev–Trinajstić information content (AvgIpc) is 3.06. The first-order chi connectivity index (χ1) is 13.0. The van der Waals surface area contributed by atoms with Crippen molar-refractivity contribution in [3.63, 3.8) is 0 Å². The molecule has 8 nitrogen and oxygen atoms in total. The number of nitrogens with zero attached hydrogens (tertiary/aromatic N) is 4. The van der Waals surface area contributed by atoms with Gasteiger partial charge in [0.25, 0.3) is 5.91 Å². The number of amides is 2. The maximum absolute atomic E-state index is 12.0. The summed E-state index contributed by atoms with van der Waals surface area (Å²) in [6.07, 6.45) is 1.79. The fourth-order valence-corrected chi connectivity index (χ4v) is 3.62. The van der Waals surface area contributed by atoms with Crippen molar-refractivity contribution in [2.45, 2.75) is 13.3 Å². The predicted octanol–water partition coefficient (Wildman–Crippen LogP) is 1.01. The molecular formula is C17H21ClN6O2S. The number of hydrogen-bond donors (Lipinski definition) is 2. The number of carbonyl (C=O) groups excluding carboxylic acids is 2. The number of carbonyl (C=O) groups is 2. The molecule has 0 saturated carbocycles. The van der Waals surface area contributed by atoms with Gasteiger partial charge in [0, 0.05) is 43.4 Å². The van der Waals surface area contributed by atoms with Gasteiger partial charge >= 0.3 is 0 Å². The van der Waals surface area contributed by atoms with Gasteiger partial charge in [-0.1, -0.05) is 11.6 Å². The number of aromatic nitrogens is 2. The van der Waals surface area contributed by atoms with Crippen molar-refractivity contribution in [3.8, 4) is 0 Å². The number of aryl methyl sites for hydroxylation is 1. The van der Waals surface area contributed by atoms with Crippen molar-refractivity contribution in [2.24, 2.45) is 0 Å². The summed E-state index contributed by atoms with van der Waals surface area (Å²) < 4.78 is 0. The van der Waals surface area contributed by atoms with Gasteiger partial charge in [0.1, 0.15) is 10.8 Å². The Morgan fingerprint density at radius 2 is 1.93 bits per heavy atom. The SMILES string of the molecule is Cc1csc(CC(=O)NNC(=O)CN2CCN(c3ccc(Cl)cn3)CC2)n1. The molecule has 3 heterocycles. The van der Waals surface area contributed by atoms with Gasteiger partial charge in [-0.05, 0) is 19.1 Å². The van der Waals surface area contributed by atoms with Crippen LogP contribution < -0.4 is 15.8 Å². The van der Waals surface area contributed by atoms with Crippen LogP contribution in [0.2, 0.25) is 5.02 Å². The first kappa shape index (κ1) is 19.5. The van der Waals surface area contributed by atoms with E-state index in [0.717, 1.165) is 42.7 Å². The molecule has 0 spiro atoms. The van der Waals surface area contributed by atoms with Crippen molar-refractivity contribution < 1.29 is 9.59 Å². The summed E-state index contributed by atoms with van der Waals surface area (Å²) in [5.74, 6) is 0.362. The Bertz CT molecular complexity index is 789. The van der Waals surface area contributed by atoms with Crippen LogP contribution in [0.5, 0.6) is 0 Å². The van der Waals surface area contributed by atoms with Crippen molar-refractivity contribution in [1.82, 2.24) is 25.7 Å².